The maximum absolute atomic E-state index is 12.0. The number of hydrogen-bond acceptors (Lipinski definition) is 4. The number of carbonyl (C=O) groups is 1. The lowest BCUT2D eigenvalue weighted by Crippen LogP contribution is -2.43. The monoisotopic (exact) mass is 319 g/mol. The standard InChI is InChI=1S/C18H29N3O2/c1-11-12(2)14(4)18(17(19)13(11)3)23-10-7-16(22)21-15-5-8-20-9-6-15/h15,20H,5-10,19H2,1-4H3,(H,21,22). The summed E-state index contributed by atoms with van der Waals surface area (Å²) in [6.45, 7) is 10.5. The van der Waals surface area contributed by atoms with E-state index in [1.165, 1.54) is 11.1 Å². The van der Waals surface area contributed by atoms with Gasteiger partial charge in [-0.15, -0.1) is 0 Å². The fourth-order valence-corrected chi connectivity index (χ4v) is 3.00. The summed E-state index contributed by atoms with van der Waals surface area (Å²) in [5, 5.41) is 6.37. The quantitative estimate of drug-likeness (QED) is 0.727. The highest BCUT2D eigenvalue weighted by molar-refractivity contribution is 5.76. The molecule has 1 heterocycles. The Hall–Kier alpha value is -1.75. The highest BCUT2D eigenvalue weighted by atomic mass is 16.5. The number of amides is 1. The van der Waals surface area contributed by atoms with Gasteiger partial charge in [0.05, 0.1) is 18.7 Å². The van der Waals surface area contributed by atoms with E-state index in [1.807, 2.05) is 13.8 Å². The molecule has 1 amide bonds. The second-order valence-corrected chi connectivity index (χ2v) is 6.43. The van der Waals surface area contributed by atoms with Gasteiger partial charge in [-0.1, -0.05) is 0 Å². The highest BCUT2D eigenvalue weighted by Gasteiger charge is 2.17. The molecule has 4 N–H and O–H groups in total. The Morgan fingerprint density at radius 3 is 2.39 bits per heavy atom. The van der Waals surface area contributed by atoms with Gasteiger partial charge in [0, 0.05) is 6.04 Å². The number of hydrogen-bond donors (Lipinski definition) is 3. The Bertz CT molecular complexity index is 549. The fraction of sp³-hybridized carbons (Fsp3) is 0.611. The first kappa shape index (κ1) is 17.6. The van der Waals surface area contributed by atoms with E-state index in [0.29, 0.717) is 24.8 Å². The predicted molar refractivity (Wildman–Crippen MR) is 93.9 cm³/mol. The van der Waals surface area contributed by atoms with Gasteiger partial charge in [0.1, 0.15) is 5.75 Å². The zero-order valence-corrected chi connectivity index (χ0v) is 14.7. The van der Waals surface area contributed by atoms with Crippen molar-refractivity contribution in [1.82, 2.24) is 10.6 Å². The van der Waals surface area contributed by atoms with Crippen LogP contribution in [0.5, 0.6) is 5.75 Å². The molecule has 128 valence electrons. The molecule has 1 aliphatic rings. The first-order valence-electron chi connectivity index (χ1n) is 8.40. The molecule has 23 heavy (non-hydrogen) atoms. The van der Waals surface area contributed by atoms with Gasteiger partial charge in [0.25, 0.3) is 0 Å². The molecule has 0 spiro atoms. The van der Waals surface area contributed by atoms with E-state index in [0.717, 1.165) is 42.8 Å². The second-order valence-electron chi connectivity index (χ2n) is 6.43. The summed E-state index contributed by atoms with van der Waals surface area (Å²) in [7, 11) is 0. The lowest BCUT2D eigenvalue weighted by atomic mass is 9.97. The molecule has 0 radical (unpaired) electrons. The molecular formula is C18H29N3O2. The van der Waals surface area contributed by atoms with Crippen LogP contribution in [0.15, 0.2) is 0 Å². The van der Waals surface area contributed by atoms with Crippen LogP contribution in [-0.2, 0) is 4.79 Å². The lowest BCUT2D eigenvalue weighted by Gasteiger charge is -2.24. The minimum absolute atomic E-state index is 0.0497. The van der Waals surface area contributed by atoms with E-state index >= 15 is 0 Å². The van der Waals surface area contributed by atoms with E-state index in [-0.39, 0.29) is 5.91 Å². The number of nitrogen functional groups attached to an aromatic ring is 1. The number of anilines is 1. The summed E-state index contributed by atoms with van der Waals surface area (Å²) < 4.78 is 5.85. The third-order valence-corrected chi connectivity index (χ3v) is 4.96. The number of piperidine rings is 1. The molecule has 1 saturated heterocycles. The number of ether oxygens (including phenoxy) is 1. The molecule has 0 unspecified atom stereocenters. The zero-order valence-electron chi connectivity index (χ0n) is 14.7. The van der Waals surface area contributed by atoms with Crippen LogP contribution in [0.2, 0.25) is 0 Å². The van der Waals surface area contributed by atoms with Crippen LogP contribution in [0.3, 0.4) is 0 Å². The predicted octanol–water partition coefficient (Wildman–Crippen LogP) is 2.14. The average Bonchev–Trinajstić information content (AvgIpc) is 2.55. The Morgan fingerprint density at radius 1 is 1.13 bits per heavy atom. The minimum atomic E-state index is 0.0497. The van der Waals surface area contributed by atoms with Crippen molar-refractivity contribution in [2.24, 2.45) is 0 Å². The summed E-state index contributed by atoms with van der Waals surface area (Å²) in [5.74, 6) is 0.772. The molecule has 0 bridgehead atoms. The Balaban J connectivity index is 1.90. The van der Waals surface area contributed by atoms with Gasteiger partial charge in [-0.05, 0) is 75.9 Å². The third-order valence-electron chi connectivity index (χ3n) is 4.96. The minimum Gasteiger partial charge on any atom is -0.491 e. The number of carbonyl (C=O) groups excluding carboxylic acids is 1. The van der Waals surface area contributed by atoms with Crippen LogP contribution in [-0.4, -0.2) is 31.6 Å². The summed E-state index contributed by atoms with van der Waals surface area (Å²) >= 11 is 0. The van der Waals surface area contributed by atoms with Crippen molar-refractivity contribution < 1.29 is 9.53 Å². The summed E-state index contributed by atoms with van der Waals surface area (Å²) in [6.07, 6.45) is 2.35. The van der Waals surface area contributed by atoms with Crippen LogP contribution in [0.4, 0.5) is 5.69 Å². The zero-order chi connectivity index (χ0) is 17.0. The summed E-state index contributed by atoms with van der Waals surface area (Å²) in [5.41, 5.74) is 11.4. The van der Waals surface area contributed by atoms with E-state index < -0.39 is 0 Å². The first-order chi connectivity index (χ1) is 10.9. The Labute approximate surface area is 139 Å². The van der Waals surface area contributed by atoms with Crippen molar-refractivity contribution in [3.8, 4) is 5.75 Å². The van der Waals surface area contributed by atoms with Gasteiger partial charge in [-0.3, -0.25) is 4.79 Å². The van der Waals surface area contributed by atoms with Crippen molar-refractivity contribution >= 4 is 11.6 Å². The van der Waals surface area contributed by atoms with Crippen LogP contribution in [0.25, 0.3) is 0 Å². The van der Waals surface area contributed by atoms with E-state index in [4.69, 9.17) is 10.5 Å². The molecule has 0 aliphatic carbocycles. The molecule has 1 aromatic rings. The Morgan fingerprint density at radius 2 is 1.74 bits per heavy atom. The summed E-state index contributed by atoms with van der Waals surface area (Å²) in [4.78, 5) is 12.0. The van der Waals surface area contributed by atoms with Crippen LogP contribution >= 0.6 is 0 Å². The van der Waals surface area contributed by atoms with Gasteiger partial charge in [-0.2, -0.15) is 0 Å². The van der Waals surface area contributed by atoms with Gasteiger partial charge in [-0.25, -0.2) is 0 Å². The van der Waals surface area contributed by atoms with Gasteiger partial charge < -0.3 is 21.1 Å². The number of nitrogens with one attached hydrogen (secondary N) is 2. The second kappa shape index (κ2) is 7.68. The largest absolute Gasteiger partial charge is 0.491 e. The first-order valence-corrected chi connectivity index (χ1v) is 8.40. The molecule has 1 aromatic carbocycles. The number of rotatable bonds is 5. The number of benzene rings is 1. The maximum atomic E-state index is 12.0. The maximum Gasteiger partial charge on any atom is 0.223 e. The van der Waals surface area contributed by atoms with Gasteiger partial charge in [0.15, 0.2) is 0 Å². The van der Waals surface area contributed by atoms with E-state index in [2.05, 4.69) is 24.5 Å². The Kier molecular flexibility index (Phi) is 5.88. The molecule has 5 nitrogen and oxygen atoms in total. The van der Waals surface area contributed by atoms with Crippen molar-refractivity contribution in [2.75, 3.05) is 25.4 Å². The number of nitrogens with two attached hydrogens (primary N) is 1. The third kappa shape index (κ3) is 4.16. The van der Waals surface area contributed by atoms with Crippen molar-refractivity contribution in [2.45, 2.75) is 53.0 Å². The van der Waals surface area contributed by atoms with Gasteiger partial charge in [0.2, 0.25) is 5.91 Å². The smallest absolute Gasteiger partial charge is 0.223 e. The molecule has 0 saturated carbocycles. The average molecular weight is 319 g/mol. The van der Waals surface area contributed by atoms with Crippen molar-refractivity contribution in [3.05, 3.63) is 22.3 Å². The van der Waals surface area contributed by atoms with Gasteiger partial charge >= 0.3 is 0 Å². The molecule has 0 atom stereocenters. The van der Waals surface area contributed by atoms with E-state index in [1.54, 1.807) is 0 Å². The SMILES string of the molecule is Cc1c(C)c(C)c(OCCC(=O)NC2CCNCC2)c(N)c1C. The van der Waals surface area contributed by atoms with Crippen LogP contribution < -0.4 is 21.1 Å². The molecule has 1 fully saturated rings. The molecule has 5 heteroatoms. The van der Waals surface area contributed by atoms with Crippen LogP contribution in [0, 0.1) is 27.7 Å². The molecule has 1 aliphatic heterocycles. The van der Waals surface area contributed by atoms with Crippen molar-refractivity contribution in [3.63, 3.8) is 0 Å². The highest BCUT2D eigenvalue weighted by Crippen LogP contribution is 2.34. The summed E-state index contributed by atoms with van der Waals surface area (Å²) in [6, 6.07) is 0.291. The van der Waals surface area contributed by atoms with E-state index in [9.17, 15) is 4.79 Å². The van der Waals surface area contributed by atoms with Crippen LogP contribution in [0.1, 0.15) is 41.5 Å². The lowest BCUT2D eigenvalue weighted by molar-refractivity contribution is -0.122. The topological polar surface area (TPSA) is 76.4 Å². The fourth-order valence-electron chi connectivity index (χ4n) is 3.00. The molecule has 2 rings (SSSR count). The van der Waals surface area contributed by atoms with Crippen molar-refractivity contribution in [1.29, 1.82) is 0 Å². The molecular weight excluding hydrogens is 290 g/mol. The normalized spacial score (nSPS) is 15.5. The molecule has 0 aromatic heterocycles.